The first-order valence-corrected chi connectivity index (χ1v) is 7.46. The highest BCUT2D eigenvalue weighted by atomic mass is 32.2. The summed E-state index contributed by atoms with van der Waals surface area (Å²) in [6.45, 7) is 1.61. The Morgan fingerprint density at radius 3 is 1.82 bits per heavy atom. The summed E-state index contributed by atoms with van der Waals surface area (Å²) in [6.07, 6.45) is 9.31. The fraction of sp³-hybridized carbons (Fsp3) is 0.846. The number of carboxylic acids is 1. The van der Waals surface area contributed by atoms with E-state index in [0.717, 1.165) is 31.4 Å². The van der Waals surface area contributed by atoms with Crippen LogP contribution in [0.25, 0.3) is 0 Å². The zero-order valence-electron chi connectivity index (χ0n) is 10.7. The highest BCUT2D eigenvalue weighted by Gasteiger charge is 1.97. The van der Waals surface area contributed by atoms with Gasteiger partial charge in [-0.05, 0) is 12.8 Å². The van der Waals surface area contributed by atoms with Crippen molar-refractivity contribution in [3.63, 3.8) is 0 Å². The van der Waals surface area contributed by atoms with Crippen LogP contribution >= 0.6 is 11.8 Å². The molecule has 0 aliphatic carbocycles. The predicted molar refractivity (Wildman–Crippen MR) is 72.3 cm³/mol. The van der Waals surface area contributed by atoms with Gasteiger partial charge >= 0.3 is 5.97 Å². The lowest BCUT2D eigenvalue weighted by molar-refractivity contribution is -0.137. The molecule has 17 heavy (non-hydrogen) atoms. The van der Waals surface area contributed by atoms with Gasteiger partial charge in [-0.25, -0.2) is 0 Å². The van der Waals surface area contributed by atoms with Crippen molar-refractivity contribution in [3.8, 4) is 0 Å². The first kappa shape index (κ1) is 16.5. The van der Waals surface area contributed by atoms with E-state index in [-0.39, 0.29) is 5.12 Å². The van der Waals surface area contributed by atoms with E-state index in [2.05, 4.69) is 0 Å². The molecule has 0 aromatic carbocycles. The Morgan fingerprint density at radius 1 is 0.882 bits per heavy atom. The van der Waals surface area contributed by atoms with Gasteiger partial charge in [-0.15, -0.1) is 0 Å². The summed E-state index contributed by atoms with van der Waals surface area (Å²) in [7, 11) is 0. The number of rotatable bonds is 11. The van der Waals surface area contributed by atoms with E-state index < -0.39 is 5.97 Å². The molecule has 0 fully saturated rings. The van der Waals surface area contributed by atoms with Crippen LogP contribution in [0.2, 0.25) is 0 Å². The van der Waals surface area contributed by atoms with Crippen molar-refractivity contribution in [1.29, 1.82) is 0 Å². The first-order chi connectivity index (χ1) is 8.13. The van der Waals surface area contributed by atoms with E-state index in [1.54, 1.807) is 6.92 Å². The Balaban J connectivity index is 2.98. The number of carbonyl (C=O) groups is 2. The van der Waals surface area contributed by atoms with Gasteiger partial charge in [0.15, 0.2) is 5.12 Å². The molecule has 0 saturated carbocycles. The van der Waals surface area contributed by atoms with Crippen molar-refractivity contribution in [2.75, 3.05) is 5.75 Å². The van der Waals surface area contributed by atoms with Gasteiger partial charge in [0.2, 0.25) is 0 Å². The Hall–Kier alpha value is -0.510. The van der Waals surface area contributed by atoms with Crippen LogP contribution in [0.3, 0.4) is 0 Å². The summed E-state index contributed by atoms with van der Waals surface area (Å²) in [6, 6.07) is 0. The molecule has 0 aliphatic rings. The Kier molecular flexibility index (Phi) is 11.6. The minimum atomic E-state index is -0.687. The fourth-order valence-electron chi connectivity index (χ4n) is 1.65. The van der Waals surface area contributed by atoms with Gasteiger partial charge in [0.05, 0.1) is 0 Å². The molecular formula is C13H24O3S. The van der Waals surface area contributed by atoms with Crippen LogP contribution in [-0.2, 0) is 9.59 Å². The lowest BCUT2D eigenvalue weighted by atomic mass is 10.1. The second kappa shape index (κ2) is 12.0. The first-order valence-electron chi connectivity index (χ1n) is 6.48. The summed E-state index contributed by atoms with van der Waals surface area (Å²) < 4.78 is 0. The van der Waals surface area contributed by atoms with E-state index >= 15 is 0 Å². The van der Waals surface area contributed by atoms with Gasteiger partial charge in [0, 0.05) is 19.1 Å². The smallest absolute Gasteiger partial charge is 0.303 e. The normalized spacial score (nSPS) is 10.4. The molecule has 0 saturated heterocycles. The molecule has 0 radical (unpaired) electrons. The molecule has 0 rings (SSSR count). The highest BCUT2D eigenvalue weighted by Crippen LogP contribution is 2.12. The molecule has 0 unspecified atom stereocenters. The predicted octanol–water partition coefficient (Wildman–Crippen LogP) is 3.86. The van der Waals surface area contributed by atoms with Gasteiger partial charge in [-0.1, -0.05) is 50.3 Å². The van der Waals surface area contributed by atoms with E-state index in [1.165, 1.54) is 37.4 Å². The number of unbranched alkanes of at least 4 members (excludes halogenated alkanes) is 7. The zero-order chi connectivity index (χ0) is 12.9. The largest absolute Gasteiger partial charge is 0.481 e. The van der Waals surface area contributed by atoms with Crippen LogP contribution in [-0.4, -0.2) is 21.9 Å². The van der Waals surface area contributed by atoms with Crippen molar-refractivity contribution in [2.45, 2.75) is 64.7 Å². The van der Waals surface area contributed by atoms with Crippen molar-refractivity contribution in [3.05, 3.63) is 0 Å². The molecule has 4 heteroatoms. The molecule has 0 heterocycles. The number of hydrogen-bond acceptors (Lipinski definition) is 3. The van der Waals surface area contributed by atoms with Crippen molar-refractivity contribution < 1.29 is 14.7 Å². The van der Waals surface area contributed by atoms with Gasteiger partial charge in [-0.2, -0.15) is 0 Å². The maximum atomic E-state index is 10.6. The van der Waals surface area contributed by atoms with Crippen molar-refractivity contribution in [2.24, 2.45) is 0 Å². The maximum Gasteiger partial charge on any atom is 0.303 e. The molecule has 0 spiro atoms. The molecule has 0 amide bonds. The van der Waals surface area contributed by atoms with Crippen molar-refractivity contribution >= 4 is 22.8 Å². The summed E-state index contributed by atoms with van der Waals surface area (Å²) in [5.41, 5.74) is 0. The topological polar surface area (TPSA) is 54.4 Å². The minimum Gasteiger partial charge on any atom is -0.481 e. The molecule has 0 aromatic rings. The summed E-state index contributed by atoms with van der Waals surface area (Å²) in [5.74, 6) is 0.265. The SMILES string of the molecule is CC(=O)SCCCCCCCCCCC(=O)O. The molecule has 0 bridgehead atoms. The number of carboxylic acid groups (broad SMARTS) is 1. The minimum absolute atomic E-state index is 0.212. The third-order valence-corrected chi connectivity index (χ3v) is 3.49. The van der Waals surface area contributed by atoms with Gasteiger partial charge < -0.3 is 5.11 Å². The van der Waals surface area contributed by atoms with Crippen LogP contribution in [0.5, 0.6) is 0 Å². The second-order valence-corrected chi connectivity index (χ2v) is 5.58. The molecule has 100 valence electrons. The van der Waals surface area contributed by atoms with E-state index in [0.29, 0.717) is 6.42 Å². The lowest BCUT2D eigenvalue weighted by Crippen LogP contribution is -1.93. The van der Waals surface area contributed by atoms with Crippen LogP contribution < -0.4 is 0 Å². The van der Waals surface area contributed by atoms with Crippen LogP contribution in [0.4, 0.5) is 0 Å². The Labute approximate surface area is 108 Å². The molecule has 0 aromatic heterocycles. The monoisotopic (exact) mass is 260 g/mol. The summed E-state index contributed by atoms with van der Waals surface area (Å²) in [4.78, 5) is 20.9. The Bertz CT molecular complexity index is 195. The Morgan fingerprint density at radius 2 is 1.35 bits per heavy atom. The maximum absolute atomic E-state index is 10.6. The molecule has 3 nitrogen and oxygen atoms in total. The van der Waals surface area contributed by atoms with Crippen LogP contribution in [0.1, 0.15) is 64.7 Å². The molecule has 0 aliphatic heterocycles. The number of hydrogen-bond donors (Lipinski definition) is 1. The highest BCUT2D eigenvalue weighted by molar-refractivity contribution is 8.13. The quantitative estimate of drug-likeness (QED) is 0.573. The summed E-state index contributed by atoms with van der Waals surface area (Å²) in [5, 5.41) is 8.66. The van der Waals surface area contributed by atoms with Crippen LogP contribution in [0.15, 0.2) is 0 Å². The van der Waals surface area contributed by atoms with Gasteiger partial charge in [-0.3, -0.25) is 9.59 Å². The zero-order valence-corrected chi connectivity index (χ0v) is 11.6. The average molecular weight is 260 g/mol. The third kappa shape index (κ3) is 15.5. The van der Waals surface area contributed by atoms with Gasteiger partial charge in [0.1, 0.15) is 0 Å². The molecular weight excluding hydrogens is 236 g/mol. The lowest BCUT2D eigenvalue weighted by Gasteiger charge is -2.01. The summed E-state index contributed by atoms with van der Waals surface area (Å²) >= 11 is 1.41. The number of aliphatic carboxylic acids is 1. The molecule has 1 N–H and O–H groups in total. The van der Waals surface area contributed by atoms with E-state index in [9.17, 15) is 9.59 Å². The van der Waals surface area contributed by atoms with Crippen molar-refractivity contribution in [1.82, 2.24) is 0 Å². The van der Waals surface area contributed by atoms with E-state index in [4.69, 9.17) is 5.11 Å². The average Bonchev–Trinajstić information content (AvgIpc) is 2.25. The number of thioether (sulfide) groups is 1. The standard InChI is InChI=1S/C13H24O3S/c1-12(14)17-11-9-7-5-3-2-4-6-8-10-13(15)16/h2-11H2,1H3,(H,15,16). The molecule has 0 atom stereocenters. The number of carbonyl (C=O) groups excluding carboxylic acids is 1. The van der Waals surface area contributed by atoms with Gasteiger partial charge in [0.25, 0.3) is 0 Å². The second-order valence-electron chi connectivity index (χ2n) is 4.31. The van der Waals surface area contributed by atoms with Crippen LogP contribution in [0, 0.1) is 0 Å². The fourth-order valence-corrected chi connectivity index (χ4v) is 2.29. The van der Waals surface area contributed by atoms with E-state index in [1.807, 2.05) is 0 Å². The third-order valence-electron chi connectivity index (χ3n) is 2.59.